The molecule has 0 radical (unpaired) electrons. The summed E-state index contributed by atoms with van der Waals surface area (Å²) in [7, 11) is 1.52. The van der Waals surface area contributed by atoms with Crippen molar-refractivity contribution in [3.05, 3.63) is 82.9 Å². The standard InChI is InChI=1S/C35H42F3N5O3/c1-20(2)43-29(16-17-39-43)32(44)41-31(30(22-10-11-22)23-12-13-23)33(45)40-28-15-14-24(18-27(28)36)21(3)34(46)42(5)19-25-8-6-7-9-26(25)35(4,37)38/h6-9,14-18,20-23,30-31H,10-13,19H2,1-5H3,(H,40,45)(H,41,44)/t21-,31-/m0/s1. The number of nitrogens with one attached hydrogen (secondary N) is 2. The fourth-order valence-corrected chi connectivity index (χ4v) is 6.35. The lowest BCUT2D eigenvalue weighted by Gasteiger charge is -2.28. The maximum Gasteiger partial charge on any atom is 0.270 e. The van der Waals surface area contributed by atoms with Gasteiger partial charge in [0.05, 0.1) is 11.6 Å². The van der Waals surface area contributed by atoms with Gasteiger partial charge in [-0.3, -0.25) is 19.1 Å². The lowest BCUT2D eigenvalue weighted by molar-refractivity contribution is -0.131. The molecule has 5 rings (SSSR count). The van der Waals surface area contributed by atoms with Crippen molar-refractivity contribution in [2.45, 2.75) is 83.8 Å². The van der Waals surface area contributed by atoms with E-state index in [1.54, 1.807) is 42.1 Å². The zero-order valence-corrected chi connectivity index (χ0v) is 26.9. The van der Waals surface area contributed by atoms with Gasteiger partial charge >= 0.3 is 0 Å². The number of rotatable bonds is 13. The highest BCUT2D eigenvalue weighted by atomic mass is 19.3. The second-order valence-electron chi connectivity index (χ2n) is 13.1. The van der Waals surface area contributed by atoms with Gasteiger partial charge in [-0.05, 0) is 93.5 Å². The largest absolute Gasteiger partial charge is 0.341 e. The normalized spacial score (nSPS) is 16.3. The van der Waals surface area contributed by atoms with Crippen LogP contribution in [0.3, 0.4) is 0 Å². The van der Waals surface area contributed by atoms with Crippen molar-refractivity contribution in [1.29, 1.82) is 0 Å². The smallest absolute Gasteiger partial charge is 0.270 e. The SMILES string of the molecule is CC(C)n1nccc1C(=O)N[C@H](C(=O)Nc1ccc([C@H](C)C(=O)N(C)Cc2ccccc2C(C)(F)F)cc1F)C(C1CC1)C1CC1. The molecule has 2 aliphatic rings. The monoisotopic (exact) mass is 637 g/mol. The summed E-state index contributed by atoms with van der Waals surface area (Å²) in [6, 6.07) is 11.0. The Bertz CT molecular complexity index is 1580. The van der Waals surface area contributed by atoms with Gasteiger partial charge in [-0.25, -0.2) is 13.2 Å². The molecule has 8 nitrogen and oxygen atoms in total. The van der Waals surface area contributed by atoms with Gasteiger partial charge in [0.25, 0.3) is 11.8 Å². The maximum absolute atomic E-state index is 15.5. The maximum atomic E-state index is 15.5. The van der Waals surface area contributed by atoms with Gasteiger partial charge in [0.1, 0.15) is 17.6 Å². The van der Waals surface area contributed by atoms with E-state index in [0.29, 0.717) is 28.7 Å². The highest BCUT2D eigenvalue weighted by Crippen LogP contribution is 2.51. The number of nitrogens with zero attached hydrogens (tertiary/aromatic N) is 3. The minimum Gasteiger partial charge on any atom is -0.341 e. The number of likely N-dealkylation sites (N-methyl/N-ethyl adjacent to an activating group) is 1. The summed E-state index contributed by atoms with van der Waals surface area (Å²) in [6.07, 6.45) is 5.49. The Labute approximate surface area is 267 Å². The lowest BCUT2D eigenvalue weighted by Crippen LogP contribution is -2.50. The number of amides is 3. The van der Waals surface area contributed by atoms with Crippen LogP contribution in [0.25, 0.3) is 0 Å². The molecule has 1 aromatic heterocycles. The second-order valence-corrected chi connectivity index (χ2v) is 13.1. The van der Waals surface area contributed by atoms with Crippen LogP contribution in [0.5, 0.6) is 0 Å². The number of hydrogen-bond donors (Lipinski definition) is 2. The summed E-state index contributed by atoms with van der Waals surface area (Å²) in [5.74, 6) is -5.23. The quantitative estimate of drug-likeness (QED) is 0.219. The fraction of sp³-hybridized carbons (Fsp3) is 0.486. The number of carbonyl (C=O) groups is 3. The van der Waals surface area contributed by atoms with Gasteiger partial charge < -0.3 is 15.5 Å². The van der Waals surface area contributed by atoms with E-state index in [-0.39, 0.29) is 35.7 Å². The Balaban J connectivity index is 1.30. The van der Waals surface area contributed by atoms with Crippen LogP contribution >= 0.6 is 0 Å². The molecular formula is C35H42F3N5O3. The average molecular weight is 638 g/mol. The zero-order valence-electron chi connectivity index (χ0n) is 26.9. The van der Waals surface area contributed by atoms with Crippen LogP contribution < -0.4 is 10.6 Å². The number of halogens is 3. The Hall–Kier alpha value is -4.15. The summed E-state index contributed by atoms with van der Waals surface area (Å²) in [6.45, 7) is 6.23. The van der Waals surface area contributed by atoms with Crippen molar-refractivity contribution in [3.63, 3.8) is 0 Å². The molecule has 1 heterocycles. The van der Waals surface area contributed by atoms with Crippen LogP contribution in [0.4, 0.5) is 18.9 Å². The van der Waals surface area contributed by atoms with E-state index in [0.717, 1.165) is 32.6 Å². The predicted molar refractivity (Wildman–Crippen MR) is 169 cm³/mol. The molecule has 246 valence electrons. The first-order valence-electron chi connectivity index (χ1n) is 15.9. The molecular weight excluding hydrogens is 595 g/mol. The Morgan fingerprint density at radius 3 is 2.26 bits per heavy atom. The van der Waals surface area contributed by atoms with E-state index in [1.165, 1.54) is 36.2 Å². The first-order chi connectivity index (χ1) is 21.8. The second kappa shape index (κ2) is 13.3. The van der Waals surface area contributed by atoms with E-state index in [4.69, 9.17) is 0 Å². The molecule has 0 saturated heterocycles. The van der Waals surface area contributed by atoms with E-state index in [2.05, 4.69) is 15.7 Å². The molecule has 2 aromatic carbocycles. The number of alkyl halides is 2. The molecule has 2 fully saturated rings. The van der Waals surface area contributed by atoms with Crippen LogP contribution in [-0.4, -0.2) is 45.5 Å². The summed E-state index contributed by atoms with van der Waals surface area (Å²) in [5.41, 5.74) is 0.844. The summed E-state index contributed by atoms with van der Waals surface area (Å²) >= 11 is 0. The third kappa shape index (κ3) is 7.45. The third-order valence-electron chi connectivity index (χ3n) is 9.07. The van der Waals surface area contributed by atoms with Gasteiger partial charge in [-0.2, -0.15) is 5.10 Å². The van der Waals surface area contributed by atoms with Gasteiger partial charge in [0, 0.05) is 38.3 Å². The van der Waals surface area contributed by atoms with Crippen molar-refractivity contribution in [2.75, 3.05) is 12.4 Å². The van der Waals surface area contributed by atoms with Crippen molar-refractivity contribution < 1.29 is 27.6 Å². The first kappa shape index (κ1) is 33.2. The zero-order chi connectivity index (χ0) is 33.3. The number of aromatic nitrogens is 2. The molecule has 2 saturated carbocycles. The van der Waals surface area contributed by atoms with Crippen molar-refractivity contribution in [3.8, 4) is 0 Å². The lowest BCUT2D eigenvalue weighted by atomic mass is 9.88. The van der Waals surface area contributed by atoms with Crippen LogP contribution in [0.15, 0.2) is 54.7 Å². The van der Waals surface area contributed by atoms with E-state index >= 15 is 4.39 Å². The van der Waals surface area contributed by atoms with Crippen LogP contribution in [0, 0.1) is 23.6 Å². The van der Waals surface area contributed by atoms with Crippen molar-refractivity contribution in [2.24, 2.45) is 17.8 Å². The summed E-state index contributed by atoms with van der Waals surface area (Å²) < 4.78 is 45.3. The molecule has 0 spiro atoms. The first-order valence-corrected chi connectivity index (χ1v) is 15.9. The highest BCUT2D eigenvalue weighted by Gasteiger charge is 2.48. The minimum atomic E-state index is -3.06. The molecule has 46 heavy (non-hydrogen) atoms. The molecule has 2 atom stereocenters. The molecule has 3 aromatic rings. The van der Waals surface area contributed by atoms with E-state index < -0.39 is 35.5 Å². The predicted octanol–water partition coefficient (Wildman–Crippen LogP) is 6.65. The number of anilines is 1. The molecule has 2 N–H and O–H groups in total. The Morgan fingerprint density at radius 1 is 1.02 bits per heavy atom. The van der Waals surface area contributed by atoms with Gasteiger partial charge in [-0.1, -0.05) is 30.3 Å². The topological polar surface area (TPSA) is 96.3 Å². The van der Waals surface area contributed by atoms with E-state index in [9.17, 15) is 23.2 Å². The molecule has 11 heteroatoms. The van der Waals surface area contributed by atoms with Gasteiger partial charge in [-0.15, -0.1) is 0 Å². The third-order valence-corrected chi connectivity index (χ3v) is 9.07. The summed E-state index contributed by atoms with van der Waals surface area (Å²) in [5, 5.41) is 9.89. The molecule has 3 amide bonds. The number of hydrogen-bond acceptors (Lipinski definition) is 4. The van der Waals surface area contributed by atoms with Crippen LogP contribution in [-0.2, 0) is 22.1 Å². The summed E-state index contributed by atoms with van der Waals surface area (Å²) in [4.78, 5) is 41.7. The number of benzene rings is 2. The van der Waals surface area contributed by atoms with Crippen molar-refractivity contribution in [1.82, 2.24) is 20.0 Å². The molecule has 2 aliphatic carbocycles. The van der Waals surface area contributed by atoms with Crippen LogP contribution in [0.2, 0.25) is 0 Å². The van der Waals surface area contributed by atoms with Gasteiger partial charge in [0.15, 0.2) is 0 Å². The molecule has 0 aliphatic heterocycles. The molecule has 0 unspecified atom stereocenters. The average Bonchev–Trinajstić information content (AvgIpc) is 3.95. The van der Waals surface area contributed by atoms with Crippen LogP contribution in [0.1, 0.15) is 92.5 Å². The Kier molecular flexibility index (Phi) is 9.60. The van der Waals surface area contributed by atoms with E-state index in [1.807, 2.05) is 13.8 Å². The highest BCUT2D eigenvalue weighted by molar-refractivity contribution is 6.01. The molecule has 0 bridgehead atoms. The Morgan fingerprint density at radius 2 is 1.67 bits per heavy atom. The fourth-order valence-electron chi connectivity index (χ4n) is 6.35. The van der Waals surface area contributed by atoms with Gasteiger partial charge in [0.2, 0.25) is 11.8 Å². The minimum absolute atomic E-state index is 0.0341. The number of carbonyl (C=O) groups excluding carboxylic acids is 3. The van der Waals surface area contributed by atoms with Crippen molar-refractivity contribution >= 4 is 23.4 Å².